The van der Waals surface area contributed by atoms with E-state index >= 15 is 0 Å². The molecule has 0 fully saturated rings. The van der Waals surface area contributed by atoms with Gasteiger partial charge in [-0.15, -0.1) is 0 Å². The van der Waals surface area contributed by atoms with Crippen LogP contribution in [0.2, 0.25) is 0 Å². The van der Waals surface area contributed by atoms with Crippen LogP contribution in [0.4, 0.5) is 0 Å². The first-order valence-corrected chi connectivity index (χ1v) is 4.75. The number of carboxylic acid groups (broad SMARTS) is 1. The van der Waals surface area contributed by atoms with E-state index in [2.05, 4.69) is 4.98 Å². The average molecular weight is 212 g/mol. The zero-order chi connectivity index (χ0) is 11.6. The van der Waals surface area contributed by atoms with Crippen molar-refractivity contribution in [1.29, 1.82) is 0 Å². The number of carbonyl (C=O) groups is 1. The lowest BCUT2D eigenvalue weighted by Crippen LogP contribution is -2.27. The highest BCUT2D eigenvalue weighted by Gasteiger charge is 2.18. The van der Waals surface area contributed by atoms with E-state index in [4.69, 9.17) is 15.9 Å². The van der Waals surface area contributed by atoms with Gasteiger partial charge in [0.1, 0.15) is 0 Å². The maximum Gasteiger partial charge on any atom is 0.337 e. The van der Waals surface area contributed by atoms with E-state index in [0.717, 1.165) is 5.69 Å². The fourth-order valence-electron chi connectivity index (χ4n) is 1.67. The number of aliphatic hydroxyl groups excluding tert-OH is 1. The molecular formula is C10H16N2O3. The van der Waals surface area contributed by atoms with Gasteiger partial charge < -0.3 is 20.9 Å². The summed E-state index contributed by atoms with van der Waals surface area (Å²) in [5, 5.41) is 17.8. The number of hydrogen-bond acceptors (Lipinski definition) is 3. The minimum atomic E-state index is -0.940. The summed E-state index contributed by atoms with van der Waals surface area (Å²) in [6.45, 7) is 3.34. The molecule has 0 aliphatic heterocycles. The molecule has 84 valence electrons. The number of carboxylic acids is 1. The molecule has 1 unspecified atom stereocenters. The van der Waals surface area contributed by atoms with E-state index < -0.39 is 5.97 Å². The molecule has 1 atom stereocenters. The fraction of sp³-hybridized carbons (Fsp3) is 0.500. The molecule has 1 aromatic rings. The van der Waals surface area contributed by atoms with Crippen molar-refractivity contribution in [2.75, 3.05) is 6.61 Å². The molecule has 0 aliphatic carbocycles. The van der Waals surface area contributed by atoms with Crippen LogP contribution in [-0.2, 0) is 6.42 Å². The van der Waals surface area contributed by atoms with Crippen molar-refractivity contribution in [2.45, 2.75) is 26.3 Å². The van der Waals surface area contributed by atoms with Crippen molar-refractivity contribution in [1.82, 2.24) is 4.98 Å². The first-order valence-electron chi connectivity index (χ1n) is 4.75. The standard InChI is InChI=1S/C10H16N2O3/c1-5-8(3-7(11)4-13)12-6(2)9(5)10(14)15/h7,12-13H,3-4,11H2,1-2H3,(H,14,15). The van der Waals surface area contributed by atoms with Crippen LogP contribution in [0, 0.1) is 13.8 Å². The van der Waals surface area contributed by atoms with E-state index in [1.165, 1.54) is 0 Å². The molecule has 0 radical (unpaired) electrons. The SMILES string of the molecule is Cc1[nH]c(CC(N)CO)c(C)c1C(=O)O. The molecule has 1 rings (SSSR count). The maximum atomic E-state index is 10.9. The summed E-state index contributed by atoms with van der Waals surface area (Å²) in [6.07, 6.45) is 0.455. The van der Waals surface area contributed by atoms with Crippen LogP contribution in [0.15, 0.2) is 0 Å². The first kappa shape index (κ1) is 11.7. The summed E-state index contributed by atoms with van der Waals surface area (Å²) in [4.78, 5) is 13.9. The van der Waals surface area contributed by atoms with Crippen LogP contribution in [0.1, 0.15) is 27.3 Å². The van der Waals surface area contributed by atoms with Crippen molar-refractivity contribution in [3.05, 3.63) is 22.5 Å². The zero-order valence-corrected chi connectivity index (χ0v) is 8.87. The van der Waals surface area contributed by atoms with E-state index in [1.54, 1.807) is 13.8 Å². The van der Waals surface area contributed by atoms with Gasteiger partial charge in [0.25, 0.3) is 0 Å². The Labute approximate surface area is 87.9 Å². The lowest BCUT2D eigenvalue weighted by Gasteiger charge is -2.06. The van der Waals surface area contributed by atoms with Crippen LogP contribution in [0.25, 0.3) is 0 Å². The molecule has 15 heavy (non-hydrogen) atoms. The van der Waals surface area contributed by atoms with Crippen molar-refractivity contribution < 1.29 is 15.0 Å². The Hall–Kier alpha value is -1.33. The highest BCUT2D eigenvalue weighted by Crippen LogP contribution is 2.18. The predicted molar refractivity (Wildman–Crippen MR) is 56.0 cm³/mol. The van der Waals surface area contributed by atoms with Gasteiger partial charge in [-0.3, -0.25) is 0 Å². The number of nitrogens with two attached hydrogens (primary N) is 1. The number of aromatic nitrogens is 1. The lowest BCUT2D eigenvalue weighted by molar-refractivity contribution is 0.0695. The Morgan fingerprint density at radius 3 is 2.53 bits per heavy atom. The third-order valence-corrected chi connectivity index (χ3v) is 2.46. The molecular weight excluding hydrogens is 196 g/mol. The number of hydrogen-bond donors (Lipinski definition) is 4. The molecule has 1 heterocycles. The molecule has 1 aromatic heterocycles. The first-order chi connectivity index (χ1) is 6.97. The third kappa shape index (κ3) is 2.37. The Kier molecular flexibility index (Phi) is 3.49. The van der Waals surface area contributed by atoms with Gasteiger partial charge in [0.2, 0.25) is 0 Å². The van der Waals surface area contributed by atoms with Gasteiger partial charge >= 0.3 is 5.97 Å². The summed E-state index contributed by atoms with van der Waals surface area (Å²) in [7, 11) is 0. The van der Waals surface area contributed by atoms with Crippen molar-refractivity contribution in [3.8, 4) is 0 Å². The molecule has 5 nitrogen and oxygen atoms in total. The van der Waals surface area contributed by atoms with Gasteiger partial charge in [0.15, 0.2) is 0 Å². The Morgan fingerprint density at radius 2 is 2.13 bits per heavy atom. The second kappa shape index (κ2) is 4.46. The van der Waals surface area contributed by atoms with Crippen molar-refractivity contribution in [3.63, 3.8) is 0 Å². The average Bonchev–Trinajstić information content (AvgIpc) is 2.41. The van der Waals surface area contributed by atoms with Crippen molar-refractivity contribution >= 4 is 5.97 Å². The fourth-order valence-corrected chi connectivity index (χ4v) is 1.67. The van der Waals surface area contributed by atoms with Gasteiger partial charge in [-0.25, -0.2) is 4.79 Å². The number of aryl methyl sites for hydroxylation is 1. The number of aromatic amines is 1. The molecule has 5 N–H and O–H groups in total. The summed E-state index contributed by atoms with van der Waals surface area (Å²) in [6, 6.07) is -0.358. The second-order valence-electron chi connectivity index (χ2n) is 3.68. The van der Waals surface area contributed by atoms with E-state index in [0.29, 0.717) is 23.2 Å². The highest BCUT2D eigenvalue weighted by molar-refractivity contribution is 5.91. The largest absolute Gasteiger partial charge is 0.478 e. The molecule has 0 saturated carbocycles. The summed E-state index contributed by atoms with van der Waals surface area (Å²) >= 11 is 0. The van der Waals surface area contributed by atoms with E-state index in [1.807, 2.05) is 0 Å². The third-order valence-electron chi connectivity index (χ3n) is 2.46. The normalized spacial score (nSPS) is 12.8. The van der Waals surface area contributed by atoms with Gasteiger partial charge in [-0.2, -0.15) is 0 Å². The van der Waals surface area contributed by atoms with Crippen LogP contribution < -0.4 is 5.73 Å². The minimum Gasteiger partial charge on any atom is -0.478 e. The van der Waals surface area contributed by atoms with E-state index in [9.17, 15) is 4.79 Å². The maximum absolute atomic E-state index is 10.9. The Balaban J connectivity index is 3.01. The van der Waals surface area contributed by atoms with Gasteiger partial charge in [0.05, 0.1) is 12.2 Å². The van der Waals surface area contributed by atoms with Crippen LogP contribution in [0.3, 0.4) is 0 Å². The lowest BCUT2D eigenvalue weighted by atomic mass is 10.1. The topological polar surface area (TPSA) is 99.3 Å². The van der Waals surface area contributed by atoms with Gasteiger partial charge in [0, 0.05) is 23.9 Å². The molecule has 0 aliphatic rings. The summed E-state index contributed by atoms with van der Waals surface area (Å²) in [5.41, 5.74) is 8.00. The number of nitrogens with one attached hydrogen (secondary N) is 1. The van der Waals surface area contributed by atoms with Crippen LogP contribution in [-0.4, -0.2) is 33.8 Å². The van der Waals surface area contributed by atoms with Crippen LogP contribution >= 0.6 is 0 Å². The number of rotatable bonds is 4. The van der Waals surface area contributed by atoms with Crippen molar-refractivity contribution in [2.24, 2.45) is 5.73 Å². The Bertz CT molecular complexity index is 371. The molecule has 5 heteroatoms. The number of H-pyrrole nitrogens is 1. The molecule has 0 aromatic carbocycles. The summed E-state index contributed by atoms with van der Waals surface area (Å²) < 4.78 is 0. The quantitative estimate of drug-likeness (QED) is 0.572. The Morgan fingerprint density at radius 1 is 1.53 bits per heavy atom. The molecule has 0 bridgehead atoms. The molecule has 0 saturated heterocycles. The molecule has 0 amide bonds. The van der Waals surface area contributed by atoms with Gasteiger partial charge in [-0.1, -0.05) is 0 Å². The number of aromatic carboxylic acids is 1. The molecule has 0 spiro atoms. The highest BCUT2D eigenvalue weighted by atomic mass is 16.4. The monoisotopic (exact) mass is 212 g/mol. The number of aliphatic hydroxyl groups is 1. The zero-order valence-electron chi connectivity index (χ0n) is 8.87. The predicted octanol–water partition coefficient (Wildman–Crippen LogP) is 0.192. The summed E-state index contributed by atoms with van der Waals surface area (Å²) in [5.74, 6) is -0.940. The second-order valence-corrected chi connectivity index (χ2v) is 3.68. The van der Waals surface area contributed by atoms with Gasteiger partial charge in [-0.05, 0) is 19.4 Å². The van der Waals surface area contributed by atoms with Crippen LogP contribution in [0.5, 0.6) is 0 Å². The van der Waals surface area contributed by atoms with E-state index in [-0.39, 0.29) is 12.6 Å². The smallest absolute Gasteiger partial charge is 0.337 e. The minimum absolute atomic E-state index is 0.111.